The number of carbonyl (C=O) groups is 3. The van der Waals surface area contributed by atoms with Crippen molar-refractivity contribution in [3.8, 4) is 0 Å². The molecule has 1 atom stereocenters. The molecule has 0 spiro atoms. The summed E-state index contributed by atoms with van der Waals surface area (Å²) in [6.45, 7) is 0. The molecule has 8 heteroatoms. The van der Waals surface area contributed by atoms with Crippen LogP contribution in [0.2, 0.25) is 0 Å². The number of hydrogen-bond donors (Lipinski definition) is 1. The Labute approximate surface area is 147 Å². The van der Waals surface area contributed by atoms with Gasteiger partial charge in [-0.25, -0.2) is 8.78 Å². The normalized spacial score (nSPS) is 15.9. The lowest BCUT2D eigenvalue weighted by Gasteiger charge is -2.36. The lowest BCUT2D eigenvalue weighted by atomic mass is 10.0. The third-order valence-corrected chi connectivity index (χ3v) is 4.01. The van der Waals surface area contributed by atoms with Crippen LogP contribution in [0.1, 0.15) is 16.8 Å². The number of esters is 1. The summed E-state index contributed by atoms with van der Waals surface area (Å²) in [5.74, 6) is -4.28. The highest BCUT2D eigenvalue weighted by molar-refractivity contribution is 6.17. The van der Waals surface area contributed by atoms with Crippen molar-refractivity contribution in [3.05, 3.63) is 59.7 Å². The van der Waals surface area contributed by atoms with E-state index in [1.165, 1.54) is 7.11 Å². The van der Waals surface area contributed by atoms with Gasteiger partial charge in [0.25, 0.3) is 5.91 Å². The molecule has 1 heterocycles. The van der Waals surface area contributed by atoms with Gasteiger partial charge < -0.3 is 10.1 Å². The van der Waals surface area contributed by atoms with E-state index in [-0.39, 0.29) is 12.0 Å². The lowest BCUT2D eigenvalue weighted by Crippen LogP contribution is -2.52. The third kappa shape index (κ3) is 3.13. The molecule has 0 aliphatic carbocycles. The molecule has 0 radical (unpaired) electrons. The molecule has 3 rings (SSSR count). The van der Waals surface area contributed by atoms with Crippen LogP contribution < -0.4 is 10.2 Å². The molecular weight excluding hydrogens is 346 g/mol. The molecule has 6 nitrogen and oxygen atoms in total. The van der Waals surface area contributed by atoms with Gasteiger partial charge in [-0.15, -0.1) is 0 Å². The van der Waals surface area contributed by atoms with Crippen molar-refractivity contribution in [1.29, 1.82) is 0 Å². The van der Waals surface area contributed by atoms with Crippen molar-refractivity contribution >= 4 is 29.2 Å². The second-order valence-corrected chi connectivity index (χ2v) is 5.61. The number of carbonyl (C=O) groups excluding carboxylic acids is 3. The molecule has 0 saturated carbocycles. The first-order chi connectivity index (χ1) is 12.4. The minimum atomic E-state index is -1.19. The first-order valence-electron chi connectivity index (χ1n) is 7.67. The SMILES string of the molecule is COC(=O)C[C@@H]1C(=O)Nc2ccccc2N1C(=O)c1ccc(F)c(F)c1. The Hall–Kier alpha value is -3.29. The molecule has 0 bridgehead atoms. The fraction of sp³-hybridized carbons (Fsp3) is 0.167. The van der Waals surface area contributed by atoms with Gasteiger partial charge in [0.2, 0.25) is 5.91 Å². The van der Waals surface area contributed by atoms with Gasteiger partial charge in [0.1, 0.15) is 6.04 Å². The molecule has 0 aromatic heterocycles. The molecule has 2 aromatic carbocycles. The number of amides is 2. The molecule has 1 aliphatic heterocycles. The van der Waals surface area contributed by atoms with E-state index in [0.717, 1.165) is 23.1 Å². The quantitative estimate of drug-likeness (QED) is 0.854. The number of anilines is 2. The summed E-state index contributed by atoms with van der Waals surface area (Å²) in [7, 11) is 1.17. The van der Waals surface area contributed by atoms with E-state index in [1.54, 1.807) is 24.3 Å². The fourth-order valence-electron chi connectivity index (χ4n) is 2.73. The summed E-state index contributed by atoms with van der Waals surface area (Å²) in [6.07, 6.45) is -0.383. The second-order valence-electron chi connectivity index (χ2n) is 5.61. The van der Waals surface area contributed by atoms with Gasteiger partial charge in [0.15, 0.2) is 11.6 Å². The number of ether oxygens (including phenoxy) is 1. The number of halogens is 2. The van der Waals surface area contributed by atoms with Crippen LogP contribution in [-0.2, 0) is 14.3 Å². The van der Waals surface area contributed by atoms with E-state index >= 15 is 0 Å². The minimum absolute atomic E-state index is 0.150. The Morgan fingerprint density at radius 2 is 1.88 bits per heavy atom. The molecule has 1 N–H and O–H groups in total. The second kappa shape index (κ2) is 6.91. The molecule has 2 amide bonds. The maximum atomic E-state index is 13.5. The van der Waals surface area contributed by atoms with Gasteiger partial charge >= 0.3 is 5.97 Å². The highest BCUT2D eigenvalue weighted by atomic mass is 19.2. The average molecular weight is 360 g/mol. The summed E-state index contributed by atoms with van der Waals surface area (Å²) >= 11 is 0. The first-order valence-corrected chi connectivity index (χ1v) is 7.67. The first kappa shape index (κ1) is 17.5. The zero-order chi connectivity index (χ0) is 18.8. The van der Waals surface area contributed by atoms with Crippen LogP contribution >= 0.6 is 0 Å². The Balaban J connectivity index is 2.08. The topological polar surface area (TPSA) is 75.7 Å². The molecule has 0 fully saturated rings. The van der Waals surface area contributed by atoms with E-state index in [9.17, 15) is 23.2 Å². The summed E-state index contributed by atoms with van der Waals surface area (Å²) in [5, 5.41) is 2.62. The van der Waals surface area contributed by atoms with Crippen molar-refractivity contribution < 1.29 is 27.9 Å². The van der Waals surface area contributed by atoms with Crippen LogP contribution in [0.15, 0.2) is 42.5 Å². The molecule has 0 saturated heterocycles. The van der Waals surface area contributed by atoms with Crippen LogP contribution in [0.25, 0.3) is 0 Å². The van der Waals surface area contributed by atoms with Crippen molar-refractivity contribution in [1.82, 2.24) is 0 Å². The van der Waals surface area contributed by atoms with Crippen LogP contribution in [0.5, 0.6) is 0 Å². The number of fused-ring (bicyclic) bond motifs is 1. The zero-order valence-electron chi connectivity index (χ0n) is 13.7. The maximum absolute atomic E-state index is 13.5. The predicted octanol–water partition coefficient (Wildman–Crippen LogP) is 2.50. The summed E-state index contributed by atoms with van der Waals surface area (Å²) in [5.41, 5.74) is 0.563. The highest BCUT2D eigenvalue weighted by Crippen LogP contribution is 2.34. The summed E-state index contributed by atoms with van der Waals surface area (Å²) in [6, 6.07) is 8.00. The Morgan fingerprint density at radius 1 is 1.15 bits per heavy atom. The Bertz CT molecular complexity index is 901. The standard InChI is InChI=1S/C18H14F2N2O4/c1-26-16(23)9-15-17(24)21-13-4-2-3-5-14(13)22(15)18(25)10-6-7-11(19)12(20)8-10/h2-8,15H,9H2,1H3,(H,21,24)/t15-/m1/s1. The summed E-state index contributed by atoms with van der Waals surface area (Å²) in [4.78, 5) is 38.2. The number of nitrogens with one attached hydrogen (secondary N) is 1. The fourth-order valence-corrected chi connectivity index (χ4v) is 2.73. The predicted molar refractivity (Wildman–Crippen MR) is 88.7 cm³/mol. The number of hydrogen-bond acceptors (Lipinski definition) is 4. The van der Waals surface area contributed by atoms with E-state index in [4.69, 9.17) is 0 Å². The van der Waals surface area contributed by atoms with Crippen molar-refractivity contribution in [3.63, 3.8) is 0 Å². The number of benzene rings is 2. The molecule has 1 aliphatic rings. The Kier molecular flexibility index (Phi) is 4.66. The Morgan fingerprint density at radius 3 is 2.58 bits per heavy atom. The van der Waals surface area contributed by atoms with Gasteiger partial charge in [0.05, 0.1) is 24.9 Å². The average Bonchev–Trinajstić information content (AvgIpc) is 2.63. The highest BCUT2D eigenvalue weighted by Gasteiger charge is 2.39. The van der Waals surface area contributed by atoms with E-state index in [2.05, 4.69) is 10.1 Å². The smallest absolute Gasteiger partial charge is 0.308 e. The number of rotatable bonds is 3. The van der Waals surface area contributed by atoms with E-state index in [1.807, 2.05) is 0 Å². The van der Waals surface area contributed by atoms with Gasteiger partial charge in [-0.2, -0.15) is 0 Å². The third-order valence-electron chi connectivity index (χ3n) is 4.01. The van der Waals surface area contributed by atoms with Gasteiger partial charge in [-0.1, -0.05) is 12.1 Å². The minimum Gasteiger partial charge on any atom is -0.469 e. The van der Waals surface area contributed by atoms with Crippen LogP contribution in [0, 0.1) is 11.6 Å². The van der Waals surface area contributed by atoms with Gasteiger partial charge in [0, 0.05) is 5.56 Å². The molecule has 134 valence electrons. The number of para-hydroxylation sites is 2. The summed E-state index contributed by atoms with van der Waals surface area (Å²) < 4.78 is 31.3. The molecular formula is C18H14F2N2O4. The monoisotopic (exact) mass is 360 g/mol. The van der Waals surface area contributed by atoms with Crippen molar-refractivity contribution in [2.75, 3.05) is 17.3 Å². The molecule has 0 unspecified atom stereocenters. The number of nitrogens with zero attached hydrogens (tertiary/aromatic N) is 1. The van der Waals surface area contributed by atoms with E-state index < -0.39 is 35.5 Å². The maximum Gasteiger partial charge on any atom is 0.308 e. The van der Waals surface area contributed by atoms with Crippen molar-refractivity contribution in [2.24, 2.45) is 0 Å². The molecule has 2 aromatic rings. The van der Waals surface area contributed by atoms with E-state index in [0.29, 0.717) is 11.4 Å². The zero-order valence-corrected chi connectivity index (χ0v) is 13.7. The van der Waals surface area contributed by atoms with Crippen LogP contribution in [0.3, 0.4) is 0 Å². The number of methoxy groups -OCH3 is 1. The van der Waals surface area contributed by atoms with Gasteiger partial charge in [-0.05, 0) is 30.3 Å². The lowest BCUT2D eigenvalue weighted by molar-refractivity contribution is -0.142. The molecule has 26 heavy (non-hydrogen) atoms. The van der Waals surface area contributed by atoms with Crippen LogP contribution in [-0.4, -0.2) is 30.9 Å². The largest absolute Gasteiger partial charge is 0.469 e. The van der Waals surface area contributed by atoms with Crippen molar-refractivity contribution in [2.45, 2.75) is 12.5 Å². The van der Waals surface area contributed by atoms with Crippen LogP contribution in [0.4, 0.5) is 20.2 Å². The van der Waals surface area contributed by atoms with Gasteiger partial charge in [-0.3, -0.25) is 19.3 Å².